The number of nitrogens with zero attached hydrogens (tertiary/aromatic N) is 3. The van der Waals surface area contributed by atoms with E-state index in [1.165, 1.54) is 55.5 Å². The topological polar surface area (TPSA) is 53.5 Å². The van der Waals surface area contributed by atoms with Gasteiger partial charge in [-0.2, -0.15) is 4.99 Å². The predicted molar refractivity (Wildman–Crippen MR) is 236 cm³/mol. The van der Waals surface area contributed by atoms with Crippen molar-refractivity contribution in [2.24, 2.45) is 9.98 Å². The largest absolute Gasteiger partial charge is 0.282 e. The van der Waals surface area contributed by atoms with Gasteiger partial charge >= 0.3 is 0 Å². The van der Waals surface area contributed by atoms with Crippen molar-refractivity contribution in [2.45, 2.75) is 24.7 Å². The van der Waals surface area contributed by atoms with Gasteiger partial charge in [-0.15, -0.1) is 0 Å². The van der Waals surface area contributed by atoms with Crippen LogP contribution in [0.15, 0.2) is 186 Å². The molecule has 3 aliphatic rings. The summed E-state index contributed by atoms with van der Waals surface area (Å²) in [6.45, 7) is 2.32. The molecular formula is C53H38N4. The first-order valence-electron chi connectivity index (χ1n) is 19.7. The summed E-state index contributed by atoms with van der Waals surface area (Å²) in [4.78, 5) is 10.4. The first kappa shape index (κ1) is 33.2. The molecule has 270 valence electrons. The molecule has 4 heteroatoms. The highest BCUT2D eigenvalue weighted by atomic mass is 15.2. The first-order chi connectivity index (χ1) is 28.1. The molecule has 0 radical (unpaired) electrons. The van der Waals surface area contributed by atoms with Crippen LogP contribution in [0.5, 0.6) is 0 Å². The maximum absolute atomic E-state index is 9.56. The predicted octanol–water partition coefficient (Wildman–Crippen LogP) is 12.5. The normalized spacial score (nSPS) is 15.7. The molecule has 0 aliphatic heterocycles. The minimum absolute atomic E-state index is 0.152. The molecular weight excluding hydrogens is 693 g/mol. The highest BCUT2D eigenvalue weighted by molar-refractivity contribution is 6.15. The molecule has 0 saturated carbocycles. The van der Waals surface area contributed by atoms with Crippen molar-refractivity contribution in [2.75, 3.05) is 0 Å². The van der Waals surface area contributed by atoms with Gasteiger partial charge in [-0.1, -0.05) is 177 Å². The lowest BCUT2D eigenvalue weighted by molar-refractivity contribution is 0.774. The molecule has 3 aliphatic carbocycles. The second kappa shape index (κ2) is 13.0. The maximum atomic E-state index is 9.56. The lowest BCUT2D eigenvalue weighted by Gasteiger charge is -2.30. The van der Waals surface area contributed by atoms with E-state index in [9.17, 15) is 5.41 Å². The molecule has 8 aromatic rings. The summed E-state index contributed by atoms with van der Waals surface area (Å²) in [6.07, 6.45) is 7.34. The Balaban J connectivity index is 1.22. The number of rotatable bonds is 3. The average Bonchev–Trinajstić information content (AvgIpc) is 3.88. The molecule has 7 aromatic carbocycles. The quantitative estimate of drug-likeness (QED) is 0.139. The number of amidine groups is 1. The Morgan fingerprint density at radius 2 is 1.26 bits per heavy atom. The van der Waals surface area contributed by atoms with Crippen LogP contribution in [0.1, 0.15) is 63.9 Å². The van der Waals surface area contributed by atoms with E-state index in [1.54, 1.807) is 0 Å². The Kier molecular flexibility index (Phi) is 7.55. The van der Waals surface area contributed by atoms with Gasteiger partial charge in [-0.05, 0) is 85.7 Å². The zero-order valence-corrected chi connectivity index (χ0v) is 31.5. The monoisotopic (exact) mass is 730 g/mol. The molecule has 57 heavy (non-hydrogen) atoms. The number of benzene rings is 7. The van der Waals surface area contributed by atoms with Crippen molar-refractivity contribution in [3.8, 4) is 33.4 Å². The van der Waals surface area contributed by atoms with E-state index in [0.29, 0.717) is 5.96 Å². The zero-order chi connectivity index (χ0) is 38.1. The SMILES string of the molecule is CC1CC=Cc2c1c1ccc3c(c1n2C(/N=C/c1ccccc1)=N/C(=N)c1cccc(-c2ccccc2)c1)-c1ccccc1C31c2ccccc2-c2ccccc21. The van der Waals surface area contributed by atoms with Crippen LogP contribution < -0.4 is 0 Å². The molecule has 1 aromatic heterocycles. The fourth-order valence-corrected chi connectivity index (χ4v) is 9.83. The highest BCUT2D eigenvalue weighted by Gasteiger charge is 2.52. The van der Waals surface area contributed by atoms with Crippen LogP contribution >= 0.6 is 0 Å². The lowest BCUT2D eigenvalue weighted by atomic mass is 9.70. The van der Waals surface area contributed by atoms with Crippen molar-refractivity contribution in [1.82, 2.24) is 4.57 Å². The summed E-state index contributed by atoms with van der Waals surface area (Å²) < 4.78 is 2.26. The van der Waals surface area contributed by atoms with Gasteiger partial charge in [0.25, 0.3) is 0 Å². The van der Waals surface area contributed by atoms with E-state index in [-0.39, 0.29) is 11.8 Å². The molecule has 11 rings (SSSR count). The molecule has 0 bridgehead atoms. The molecule has 1 N–H and O–H groups in total. The van der Waals surface area contributed by atoms with Gasteiger partial charge in [0.1, 0.15) is 0 Å². The van der Waals surface area contributed by atoms with Crippen molar-refractivity contribution in [3.05, 3.63) is 221 Å². The zero-order valence-electron chi connectivity index (χ0n) is 31.5. The number of fused-ring (bicyclic) bond motifs is 14. The lowest BCUT2D eigenvalue weighted by Crippen LogP contribution is -2.25. The van der Waals surface area contributed by atoms with E-state index < -0.39 is 5.41 Å². The minimum atomic E-state index is -0.487. The Hall–Kier alpha value is -7.17. The van der Waals surface area contributed by atoms with Gasteiger partial charge in [0.15, 0.2) is 5.84 Å². The van der Waals surface area contributed by atoms with Crippen LogP contribution in [-0.4, -0.2) is 22.6 Å². The Labute approximate surface area is 332 Å². The van der Waals surface area contributed by atoms with Gasteiger partial charge < -0.3 is 0 Å². The molecule has 1 atom stereocenters. The summed E-state index contributed by atoms with van der Waals surface area (Å²) >= 11 is 0. The number of aromatic nitrogens is 1. The van der Waals surface area contributed by atoms with Gasteiger partial charge in [0, 0.05) is 22.7 Å². The number of nitrogens with one attached hydrogen (secondary N) is 1. The van der Waals surface area contributed by atoms with Gasteiger partial charge in [0.05, 0.1) is 16.6 Å². The summed E-state index contributed by atoms with van der Waals surface area (Å²) in [5.41, 5.74) is 16.9. The fourth-order valence-electron chi connectivity index (χ4n) is 9.83. The fraction of sp³-hybridized carbons (Fsp3) is 0.0755. The van der Waals surface area contributed by atoms with E-state index in [2.05, 4.69) is 133 Å². The maximum Gasteiger partial charge on any atom is 0.236 e. The molecule has 1 spiro atoms. The summed E-state index contributed by atoms with van der Waals surface area (Å²) in [7, 11) is 0. The molecule has 1 unspecified atom stereocenters. The molecule has 0 fully saturated rings. The third-order valence-electron chi connectivity index (χ3n) is 12.2. The Bertz CT molecular complexity index is 2970. The Morgan fingerprint density at radius 3 is 1.98 bits per heavy atom. The standard InChI is InChI=1S/C53H38N4/c1-34-16-14-29-47-48(34)42-30-31-46-49(41-25-10-13-28-45(41)53(46)43-26-11-8-23-39(43)40-24-9-12-27-44(40)53)50(42)57(47)52(55-33-35-17-4-2-5-18-35)56-51(54)38-22-15-21-37(32-38)36-19-6-3-7-20-36/h2-15,17-34,54H,16H2,1H3/b54-51?,55-33+,56-52+. The van der Waals surface area contributed by atoms with Crippen molar-refractivity contribution in [1.29, 1.82) is 5.41 Å². The van der Waals surface area contributed by atoms with Crippen LogP contribution in [0, 0.1) is 5.41 Å². The highest BCUT2D eigenvalue weighted by Crippen LogP contribution is 2.64. The van der Waals surface area contributed by atoms with Crippen LogP contribution in [0.25, 0.3) is 50.4 Å². The van der Waals surface area contributed by atoms with Gasteiger partial charge in [-0.3, -0.25) is 9.98 Å². The van der Waals surface area contributed by atoms with E-state index in [0.717, 1.165) is 39.9 Å². The average molecular weight is 731 g/mol. The molecule has 1 heterocycles. The molecule has 0 saturated heterocycles. The van der Waals surface area contributed by atoms with Crippen molar-refractivity contribution >= 4 is 35.0 Å². The smallest absolute Gasteiger partial charge is 0.236 e. The van der Waals surface area contributed by atoms with E-state index in [1.807, 2.05) is 66.9 Å². The van der Waals surface area contributed by atoms with Gasteiger partial charge in [-0.25, -0.2) is 4.99 Å². The van der Waals surface area contributed by atoms with Gasteiger partial charge in [0.2, 0.25) is 5.96 Å². The molecule has 4 nitrogen and oxygen atoms in total. The van der Waals surface area contributed by atoms with Crippen LogP contribution in [0.2, 0.25) is 0 Å². The summed E-state index contributed by atoms with van der Waals surface area (Å²) in [5, 5.41) is 10.8. The second-order valence-corrected chi connectivity index (χ2v) is 15.3. The second-order valence-electron chi connectivity index (χ2n) is 15.3. The third kappa shape index (κ3) is 4.90. The Morgan fingerprint density at radius 1 is 0.649 bits per heavy atom. The first-order valence-corrected chi connectivity index (χ1v) is 19.7. The molecule has 0 amide bonds. The van der Waals surface area contributed by atoms with E-state index >= 15 is 0 Å². The van der Waals surface area contributed by atoms with Crippen LogP contribution in [0.4, 0.5) is 0 Å². The van der Waals surface area contributed by atoms with Crippen molar-refractivity contribution < 1.29 is 0 Å². The third-order valence-corrected chi connectivity index (χ3v) is 12.2. The number of aliphatic imine (C=N–C) groups is 2. The minimum Gasteiger partial charge on any atom is -0.282 e. The van der Waals surface area contributed by atoms with E-state index in [4.69, 9.17) is 9.98 Å². The summed E-state index contributed by atoms with van der Waals surface area (Å²) in [5.74, 6) is 0.893. The number of hydrogen-bond acceptors (Lipinski definition) is 1. The number of hydrogen-bond donors (Lipinski definition) is 1. The van der Waals surface area contributed by atoms with Crippen molar-refractivity contribution in [3.63, 3.8) is 0 Å². The van der Waals surface area contributed by atoms with Crippen LogP contribution in [0.3, 0.4) is 0 Å². The number of allylic oxidation sites excluding steroid dienone is 1. The summed E-state index contributed by atoms with van der Waals surface area (Å²) in [6, 6.07) is 60.2. The van der Waals surface area contributed by atoms with Crippen LogP contribution in [-0.2, 0) is 5.41 Å².